The molecule has 0 saturated heterocycles. The molecule has 2 heterocycles. The molecule has 10 heteroatoms. The first kappa shape index (κ1) is 18.5. The predicted octanol–water partition coefficient (Wildman–Crippen LogP) is 2.01. The number of halogens is 1. The molecular formula is C17H14ClN3O6. The smallest absolute Gasteiger partial charge is 0.340 e. The largest absolute Gasteiger partial charge is 0.486 e. The first-order valence-electron chi connectivity index (χ1n) is 7.80. The number of carbonyl (C=O) groups is 3. The Labute approximate surface area is 158 Å². The van der Waals surface area contributed by atoms with E-state index < -0.39 is 24.5 Å². The number of ether oxygens (including phenoxy) is 3. The van der Waals surface area contributed by atoms with Crippen LogP contribution in [-0.2, 0) is 9.53 Å². The van der Waals surface area contributed by atoms with Gasteiger partial charge in [-0.1, -0.05) is 11.6 Å². The zero-order valence-corrected chi connectivity index (χ0v) is 14.6. The molecule has 1 aromatic heterocycles. The van der Waals surface area contributed by atoms with Crippen molar-refractivity contribution < 1.29 is 28.6 Å². The number of pyridine rings is 1. The zero-order valence-electron chi connectivity index (χ0n) is 13.9. The van der Waals surface area contributed by atoms with Crippen molar-refractivity contribution in [2.45, 2.75) is 0 Å². The van der Waals surface area contributed by atoms with E-state index in [-0.39, 0.29) is 10.7 Å². The van der Waals surface area contributed by atoms with Gasteiger partial charge < -0.3 is 19.5 Å². The third-order valence-corrected chi connectivity index (χ3v) is 3.57. The van der Waals surface area contributed by atoms with E-state index >= 15 is 0 Å². The molecule has 0 saturated carbocycles. The van der Waals surface area contributed by atoms with Gasteiger partial charge >= 0.3 is 12.0 Å². The van der Waals surface area contributed by atoms with Crippen LogP contribution in [0, 0.1) is 0 Å². The van der Waals surface area contributed by atoms with Crippen LogP contribution in [0.25, 0.3) is 0 Å². The number of hydrogen-bond acceptors (Lipinski definition) is 7. The first-order chi connectivity index (χ1) is 13.0. The SMILES string of the molecule is O=C(COC(=O)c1ccc(Cl)nc1)NC(=O)Nc1ccc2c(c1)OCCO2. The third-order valence-electron chi connectivity index (χ3n) is 3.35. The molecule has 0 unspecified atom stereocenters. The molecule has 1 aliphatic rings. The summed E-state index contributed by atoms with van der Waals surface area (Å²) < 4.78 is 15.6. The number of aromatic nitrogens is 1. The van der Waals surface area contributed by atoms with Gasteiger partial charge in [-0.2, -0.15) is 0 Å². The van der Waals surface area contributed by atoms with E-state index in [0.717, 1.165) is 0 Å². The summed E-state index contributed by atoms with van der Waals surface area (Å²) in [4.78, 5) is 39.1. The fourth-order valence-corrected chi connectivity index (χ4v) is 2.27. The highest BCUT2D eigenvalue weighted by molar-refractivity contribution is 6.29. The number of imide groups is 1. The average Bonchev–Trinajstić information content (AvgIpc) is 2.66. The van der Waals surface area contributed by atoms with E-state index in [4.69, 9.17) is 25.8 Å². The van der Waals surface area contributed by atoms with E-state index in [0.29, 0.717) is 30.4 Å². The number of amides is 3. The topological polar surface area (TPSA) is 116 Å². The fourth-order valence-electron chi connectivity index (χ4n) is 2.16. The summed E-state index contributed by atoms with van der Waals surface area (Å²) in [7, 11) is 0. The minimum Gasteiger partial charge on any atom is -0.486 e. The van der Waals surface area contributed by atoms with Crippen molar-refractivity contribution in [3.8, 4) is 11.5 Å². The molecule has 2 N–H and O–H groups in total. The molecule has 2 aromatic rings. The van der Waals surface area contributed by atoms with Crippen molar-refractivity contribution in [1.82, 2.24) is 10.3 Å². The average molecular weight is 392 g/mol. The highest BCUT2D eigenvalue weighted by Gasteiger charge is 2.15. The van der Waals surface area contributed by atoms with Gasteiger partial charge in [0.15, 0.2) is 18.1 Å². The minimum absolute atomic E-state index is 0.132. The molecule has 0 radical (unpaired) electrons. The third kappa shape index (κ3) is 5.08. The lowest BCUT2D eigenvalue weighted by Gasteiger charge is -2.19. The van der Waals surface area contributed by atoms with E-state index in [2.05, 4.69) is 10.3 Å². The van der Waals surface area contributed by atoms with E-state index in [9.17, 15) is 14.4 Å². The molecule has 3 amide bonds. The van der Waals surface area contributed by atoms with Gasteiger partial charge in [0, 0.05) is 18.0 Å². The highest BCUT2D eigenvalue weighted by atomic mass is 35.5. The van der Waals surface area contributed by atoms with Gasteiger partial charge in [0.1, 0.15) is 18.4 Å². The Kier molecular flexibility index (Phi) is 5.72. The lowest BCUT2D eigenvalue weighted by atomic mass is 10.2. The van der Waals surface area contributed by atoms with Crippen molar-refractivity contribution in [1.29, 1.82) is 0 Å². The standard InChI is InChI=1S/C17H14ClN3O6/c18-14-4-1-10(8-19-14)16(23)27-9-15(22)21-17(24)20-11-2-3-12-13(7-11)26-6-5-25-12/h1-4,7-8H,5-6,9H2,(H2,20,21,22,24). The number of rotatable bonds is 4. The Morgan fingerprint density at radius 1 is 1.11 bits per heavy atom. The summed E-state index contributed by atoms with van der Waals surface area (Å²) >= 11 is 5.62. The van der Waals surface area contributed by atoms with Gasteiger partial charge in [0.05, 0.1) is 5.56 Å². The van der Waals surface area contributed by atoms with Gasteiger partial charge in [-0.05, 0) is 24.3 Å². The van der Waals surface area contributed by atoms with Gasteiger partial charge in [-0.3, -0.25) is 10.1 Å². The maximum absolute atomic E-state index is 11.9. The van der Waals surface area contributed by atoms with Crippen LogP contribution in [0.4, 0.5) is 10.5 Å². The van der Waals surface area contributed by atoms with Gasteiger partial charge in [0.25, 0.3) is 5.91 Å². The van der Waals surface area contributed by atoms with Crippen molar-refractivity contribution >= 4 is 35.2 Å². The van der Waals surface area contributed by atoms with Crippen LogP contribution in [0.2, 0.25) is 5.15 Å². The van der Waals surface area contributed by atoms with Crippen LogP contribution in [-0.4, -0.2) is 42.7 Å². The number of fused-ring (bicyclic) bond motifs is 1. The molecule has 140 valence electrons. The molecule has 0 bridgehead atoms. The van der Waals surface area contributed by atoms with Crippen molar-refractivity contribution in [2.24, 2.45) is 0 Å². The number of esters is 1. The zero-order chi connectivity index (χ0) is 19.2. The summed E-state index contributed by atoms with van der Waals surface area (Å²) in [6.07, 6.45) is 1.22. The molecule has 27 heavy (non-hydrogen) atoms. The van der Waals surface area contributed by atoms with Crippen LogP contribution < -0.4 is 20.1 Å². The molecule has 0 fully saturated rings. The summed E-state index contributed by atoms with van der Waals surface area (Å²) in [6.45, 7) is 0.241. The van der Waals surface area contributed by atoms with Crippen molar-refractivity contribution in [3.05, 3.63) is 47.2 Å². The second-order valence-electron chi connectivity index (χ2n) is 5.31. The summed E-state index contributed by atoms with van der Waals surface area (Å²) in [5.74, 6) is -0.482. The maximum Gasteiger partial charge on any atom is 0.340 e. The molecule has 3 rings (SSSR count). The molecule has 1 aromatic carbocycles. The second-order valence-corrected chi connectivity index (χ2v) is 5.69. The Hall–Kier alpha value is -3.33. The molecule has 0 aliphatic carbocycles. The number of nitrogens with zero attached hydrogens (tertiary/aromatic N) is 1. The highest BCUT2D eigenvalue weighted by Crippen LogP contribution is 2.32. The number of nitrogens with one attached hydrogen (secondary N) is 2. The van der Waals surface area contributed by atoms with Crippen molar-refractivity contribution in [2.75, 3.05) is 25.1 Å². The summed E-state index contributed by atoms with van der Waals surface area (Å²) in [5.41, 5.74) is 0.543. The minimum atomic E-state index is -0.791. The number of anilines is 1. The second kappa shape index (κ2) is 8.37. The van der Waals surface area contributed by atoms with Crippen LogP contribution in [0.3, 0.4) is 0 Å². The quantitative estimate of drug-likeness (QED) is 0.605. The predicted molar refractivity (Wildman–Crippen MR) is 94.1 cm³/mol. The van der Waals surface area contributed by atoms with Gasteiger partial charge in [-0.25, -0.2) is 14.6 Å². The molecule has 9 nitrogen and oxygen atoms in total. The normalized spacial score (nSPS) is 12.0. The Balaban J connectivity index is 1.47. The molecule has 0 atom stereocenters. The van der Waals surface area contributed by atoms with Crippen molar-refractivity contribution in [3.63, 3.8) is 0 Å². The van der Waals surface area contributed by atoms with E-state index in [1.165, 1.54) is 18.3 Å². The molecule has 0 spiro atoms. The Bertz CT molecular complexity index is 871. The van der Waals surface area contributed by atoms with Crippen LogP contribution >= 0.6 is 11.6 Å². The first-order valence-corrected chi connectivity index (χ1v) is 8.18. The number of benzene rings is 1. The van der Waals surface area contributed by atoms with Crippen LogP contribution in [0.15, 0.2) is 36.5 Å². The number of urea groups is 1. The fraction of sp³-hybridized carbons (Fsp3) is 0.176. The van der Waals surface area contributed by atoms with Gasteiger partial charge in [0.2, 0.25) is 0 Å². The number of hydrogen-bond donors (Lipinski definition) is 2. The molecular weight excluding hydrogens is 378 g/mol. The molecule has 1 aliphatic heterocycles. The number of carbonyl (C=O) groups excluding carboxylic acids is 3. The Morgan fingerprint density at radius 3 is 2.63 bits per heavy atom. The monoisotopic (exact) mass is 391 g/mol. The Morgan fingerprint density at radius 2 is 1.89 bits per heavy atom. The van der Waals surface area contributed by atoms with Gasteiger partial charge in [-0.15, -0.1) is 0 Å². The summed E-state index contributed by atoms with van der Waals surface area (Å²) in [5, 5.41) is 4.75. The van der Waals surface area contributed by atoms with Crippen LogP contribution in [0.5, 0.6) is 11.5 Å². The van der Waals surface area contributed by atoms with Crippen LogP contribution in [0.1, 0.15) is 10.4 Å². The maximum atomic E-state index is 11.9. The summed E-state index contributed by atoms with van der Waals surface area (Å²) in [6, 6.07) is 6.87. The van der Waals surface area contributed by atoms with E-state index in [1.807, 2.05) is 5.32 Å². The van der Waals surface area contributed by atoms with E-state index in [1.54, 1.807) is 18.2 Å². The lowest BCUT2D eigenvalue weighted by molar-refractivity contribution is -0.123. The lowest BCUT2D eigenvalue weighted by Crippen LogP contribution is -2.37.